The summed E-state index contributed by atoms with van der Waals surface area (Å²) in [6.07, 6.45) is 10.0. The first-order chi connectivity index (χ1) is 13.1. The van der Waals surface area contributed by atoms with Gasteiger partial charge in [0.15, 0.2) is 0 Å². The van der Waals surface area contributed by atoms with Gasteiger partial charge in [-0.1, -0.05) is 0 Å². The van der Waals surface area contributed by atoms with E-state index >= 15 is 0 Å². The second kappa shape index (κ2) is 7.58. The van der Waals surface area contributed by atoms with Crippen LogP contribution in [-0.4, -0.2) is 72.3 Å². The fourth-order valence-corrected chi connectivity index (χ4v) is 5.16. The van der Waals surface area contributed by atoms with Gasteiger partial charge >= 0.3 is 0 Å². The second-order valence-corrected chi connectivity index (χ2v) is 8.19. The van der Waals surface area contributed by atoms with Crippen molar-refractivity contribution in [2.45, 2.75) is 82.0 Å². The van der Waals surface area contributed by atoms with Crippen LogP contribution in [0.3, 0.4) is 0 Å². The van der Waals surface area contributed by atoms with Crippen molar-refractivity contribution in [2.24, 2.45) is 0 Å². The van der Waals surface area contributed by atoms with Crippen LogP contribution < -0.4 is 0 Å². The van der Waals surface area contributed by atoms with Crippen LogP contribution in [0.5, 0.6) is 0 Å². The van der Waals surface area contributed by atoms with Gasteiger partial charge in [0, 0.05) is 32.1 Å². The average molecular weight is 375 g/mol. The molecule has 8 heteroatoms. The predicted molar refractivity (Wildman–Crippen MR) is 97.5 cm³/mol. The Morgan fingerprint density at radius 1 is 1.11 bits per heavy atom. The molecule has 2 amide bonds. The molecular formula is C19H29N5O3. The van der Waals surface area contributed by atoms with Crippen molar-refractivity contribution in [3.63, 3.8) is 0 Å². The third-order valence-corrected chi connectivity index (χ3v) is 6.60. The van der Waals surface area contributed by atoms with Gasteiger partial charge in [-0.2, -0.15) is 0 Å². The molecule has 148 valence electrons. The van der Waals surface area contributed by atoms with E-state index < -0.39 is 5.54 Å². The maximum Gasteiger partial charge on any atom is 0.248 e. The highest BCUT2D eigenvalue weighted by molar-refractivity contribution is 5.93. The molecule has 1 aliphatic carbocycles. The smallest absolute Gasteiger partial charge is 0.248 e. The van der Waals surface area contributed by atoms with Crippen LogP contribution in [0.4, 0.5) is 0 Å². The van der Waals surface area contributed by atoms with Crippen LogP contribution >= 0.6 is 0 Å². The largest absolute Gasteiger partial charge is 0.393 e. The van der Waals surface area contributed by atoms with E-state index in [0.717, 1.165) is 57.9 Å². The number of carbonyl (C=O) groups excluding carboxylic acids is 2. The number of carbonyl (C=O) groups is 2. The molecule has 3 aliphatic rings. The van der Waals surface area contributed by atoms with Crippen molar-refractivity contribution in [1.29, 1.82) is 0 Å². The Kier molecular flexibility index (Phi) is 5.16. The molecule has 4 rings (SSSR count). The van der Waals surface area contributed by atoms with Crippen LogP contribution in [0, 0.1) is 0 Å². The molecule has 2 aliphatic heterocycles. The summed E-state index contributed by atoms with van der Waals surface area (Å²) in [4.78, 5) is 30.4. The molecule has 1 unspecified atom stereocenters. The SMILES string of the molecule is O=C(CCn1cnnc1)N1CCCC12CCCN(C1CCC(O)CC1)C2=O. The van der Waals surface area contributed by atoms with E-state index in [1.165, 1.54) is 0 Å². The molecule has 27 heavy (non-hydrogen) atoms. The Balaban J connectivity index is 1.46. The summed E-state index contributed by atoms with van der Waals surface area (Å²) in [6, 6.07) is 0.215. The van der Waals surface area contributed by atoms with Crippen molar-refractivity contribution in [3.8, 4) is 0 Å². The van der Waals surface area contributed by atoms with E-state index in [9.17, 15) is 14.7 Å². The van der Waals surface area contributed by atoms with Gasteiger partial charge in [-0.3, -0.25) is 9.59 Å². The highest BCUT2D eigenvalue weighted by atomic mass is 16.3. The molecule has 1 aromatic rings. The Bertz CT molecular complexity index is 671. The number of nitrogens with zero attached hydrogens (tertiary/aromatic N) is 5. The van der Waals surface area contributed by atoms with Gasteiger partial charge < -0.3 is 19.5 Å². The summed E-state index contributed by atoms with van der Waals surface area (Å²) in [7, 11) is 0. The monoisotopic (exact) mass is 375 g/mol. The fourth-order valence-electron chi connectivity index (χ4n) is 5.16. The van der Waals surface area contributed by atoms with Crippen molar-refractivity contribution in [3.05, 3.63) is 12.7 Å². The number of amides is 2. The Morgan fingerprint density at radius 2 is 1.78 bits per heavy atom. The maximum atomic E-state index is 13.5. The first kappa shape index (κ1) is 18.4. The van der Waals surface area contributed by atoms with Gasteiger partial charge in [-0.15, -0.1) is 10.2 Å². The number of likely N-dealkylation sites (tertiary alicyclic amines) is 2. The summed E-state index contributed by atoms with van der Waals surface area (Å²) in [5, 5.41) is 17.3. The van der Waals surface area contributed by atoms with Crippen LogP contribution in [0.15, 0.2) is 12.7 Å². The van der Waals surface area contributed by atoms with Gasteiger partial charge in [0.05, 0.1) is 6.10 Å². The maximum absolute atomic E-state index is 13.5. The quantitative estimate of drug-likeness (QED) is 0.846. The third kappa shape index (κ3) is 3.47. The predicted octanol–water partition coefficient (Wildman–Crippen LogP) is 0.955. The molecule has 3 fully saturated rings. The normalized spacial score (nSPS) is 31.7. The number of aromatic nitrogens is 3. The molecule has 1 saturated carbocycles. The van der Waals surface area contributed by atoms with Crippen LogP contribution in [0.2, 0.25) is 0 Å². The number of piperidine rings is 1. The van der Waals surface area contributed by atoms with E-state index in [-0.39, 0.29) is 24.0 Å². The van der Waals surface area contributed by atoms with E-state index in [0.29, 0.717) is 19.5 Å². The molecule has 0 radical (unpaired) electrons. The van der Waals surface area contributed by atoms with Crippen LogP contribution in [-0.2, 0) is 16.1 Å². The summed E-state index contributed by atoms with van der Waals surface area (Å²) < 4.78 is 1.79. The van der Waals surface area contributed by atoms with Gasteiger partial charge in [0.25, 0.3) is 0 Å². The molecule has 0 aromatic carbocycles. The van der Waals surface area contributed by atoms with E-state index in [1.54, 1.807) is 17.2 Å². The minimum atomic E-state index is -0.640. The minimum absolute atomic E-state index is 0.0514. The highest BCUT2D eigenvalue weighted by Gasteiger charge is 2.53. The molecule has 2 saturated heterocycles. The van der Waals surface area contributed by atoms with Crippen molar-refractivity contribution in [2.75, 3.05) is 13.1 Å². The molecule has 1 spiro atoms. The van der Waals surface area contributed by atoms with Crippen molar-refractivity contribution >= 4 is 11.8 Å². The molecule has 8 nitrogen and oxygen atoms in total. The lowest BCUT2D eigenvalue weighted by Gasteiger charge is -2.48. The Morgan fingerprint density at radius 3 is 2.48 bits per heavy atom. The number of hydrogen-bond acceptors (Lipinski definition) is 5. The minimum Gasteiger partial charge on any atom is -0.393 e. The fraction of sp³-hybridized carbons (Fsp3) is 0.789. The third-order valence-electron chi connectivity index (χ3n) is 6.60. The summed E-state index contributed by atoms with van der Waals surface area (Å²) in [5.41, 5.74) is -0.640. The second-order valence-electron chi connectivity index (χ2n) is 8.19. The lowest BCUT2D eigenvalue weighted by Crippen LogP contribution is -2.63. The van der Waals surface area contributed by atoms with E-state index in [1.807, 2.05) is 9.80 Å². The van der Waals surface area contributed by atoms with Crippen LogP contribution in [0.25, 0.3) is 0 Å². The molecule has 0 bridgehead atoms. The first-order valence-corrected chi connectivity index (χ1v) is 10.2. The summed E-state index contributed by atoms with van der Waals surface area (Å²) in [6.45, 7) is 1.99. The topological polar surface area (TPSA) is 91.6 Å². The average Bonchev–Trinajstić information content (AvgIpc) is 3.34. The van der Waals surface area contributed by atoms with Crippen molar-refractivity contribution < 1.29 is 14.7 Å². The van der Waals surface area contributed by atoms with Gasteiger partial charge in [0.1, 0.15) is 18.2 Å². The number of aliphatic hydroxyl groups excluding tert-OH is 1. The van der Waals surface area contributed by atoms with Crippen molar-refractivity contribution in [1.82, 2.24) is 24.6 Å². The van der Waals surface area contributed by atoms with Gasteiger partial charge in [-0.05, 0) is 51.4 Å². The zero-order chi connectivity index (χ0) is 18.9. The Hall–Kier alpha value is -1.96. The molecule has 1 aromatic heterocycles. The number of hydrogen-bond donors (Lipinski definition) is 1. The van der Waals surface area contributed by atoms with Crippen LogP contribution in [0.1, 0.15) is 57.8 Å². The lowest BCUT2D eigenvalue weighted by molar-refractivity contribution is -0.158. The lowest BCUT2D eigenvalue weighted by atomic mass is 9.82. The van der Waals surface area contributed by atoms with Gasteiger partial charge in [0.2, 0.25) is 11.8 Å². The Labute approximate surface area is 159 Å². The first-order valence-electron chi connectivity index (χ1n) is 10.2. The highest BCUT2D eigenvalue weighted by Crippen LogP contribution is 2.40. The van der Waals surface area contributed by atoms with E-state index in [4.69, 9.17) is 0 Å². The number of aliphatic hydroxyl groups is 1. The molecular weight excluding hydrogens is 346 g/mol. The molecule has 1 atom stereocenters. The number of aryl methyl sites for hydroxylation is 1. The molecule has 1 N–H and O–H groups in total. The summed E-state index contributed by atoms with van der Waals surface area (Å²) in [5.74, 6) is 0.195. The number of rotatable bonds is 4. The zero-order valence-electron chi connectivity index (χ0n) is 15.8. The molecule has 3 heterocycles. The standard InChI is InChI=1S/C19H29N5O3/c25-16-5-3-15(4-6-16)23-10-1-8-19(18(23)27)9-2-11-24(19)17(26)7-12-22-13-20-21-14-22/h13-16,25H,1-12H2. The summed E-state index contributed by atoms with van der Waals surface area (Å²) >= 11 is 0. The van der Waals surface area contributed by atoms with Gasteiger partial charge in [-0.25, -0.2) is 0 Å². The van der Waals surface area contributed by atoms with E-state index in [2.05, 4.69) is 10.2 Å². The zero-order valence-corrected chi connectivity index (χ0v) is 15.8.